The molecular weight excluding hydrogens is 563 g/mol. The van der Waals surface area contributed by atoms with Crippen molar-refractivity contribution in [1.29, 1.82) is 0 Å². The predicted octanol–water partition coefficient (Wildman–Crippen LogP) is 0.0106. The lowest BCUT2D eigenvalue weighted by Gasteiger charge is -2.19. The Hall–Kier alpha value is -4.42. The minimum absolute atomic E-state index is 0.186. The van der Waals surface area contributed by atoms with Gasteiger partial charge in [-0.05, 0) is 41.9 Å². The molecule has 0 radical (unpaired) electrons. The highest BCUT2D eigenvalue weighted by Gasteiger charge is 2.43. The molecule has 0 spiro atoms. The second kappa shape index (κ2) is 12.4. The Labute approximate surface area is 216 Å². The van der Waals surface area contributed by atoms with Crippen LogP contribution in [-0.2, 0) is 30.2 Å². The zero-order chi connectivity index (χ0) is 29.5. The Bertz CT molecular complexity index is 1430. The number of alkyl halides is 3. The number of halogens is 5. The molecule has 0 aliphatic carbocycles. The first-order valence-corrected chi connectivity index (χ1v) is 12.2. The molecule has 1 atom stereocenters. The number of amides is 1. The topological polar surface area (TPSA) is 197 Å². The van der Waals surface area contributed by atoms with Crippen LogP contribution in [0.15, 0.2) is 40.3 Å². The summed E-state index contributed by atoms with van der Waals surface area (Å²) in [5, 5.41) is 5.51. The maximum Gasteiger partial charge on any atom is 0.493 e. The number of hydrogen-bond donors (Lipinski definition) is 4. The van der Waals surface area contributed by atoms with Gasteiger partial charge in [-0.15, -0.1) is 4.73 Å². The molecular formula is C20H21F5N6O7S. The summed E-state index contributed by atoms with van der Waals surface area (Å²) >= 11 is 0. The van der Waals surface area contributed by atoms with Crippen molar-refractivity contribution in [3.05, 3.63) is 63.6 Å². The number of pyridine rings is 1. The Kier molecular flexibility index (Phi) is 9.81. The van der Waals surface area contributed by atoms with Crippen molar-refractivity contribution in [3.63, 3.8) is 0 Å². The van der Waals surface area contributed by atoms with Crippen LogP contribution in [0, 0.1) is 11.6 Å². The molecule has 0 bridgehead atoms. The number of nitrogens with one attached hydrogen (secondary N) is 2. The van der Waals surface area contributed by atoms with E-state index in [1.807, 2.05) is 0 Å². The standard InChI is InChI=1S/C20H21F5N6O7S/c1-10(16(32)28-6-7-37-29-19(26)27)15-5-4-14(17(33)31(15)38-18(34)20(23,24)25)30-39(35,36)9-11-2-3-12(21)13(22)8-11/h2-5,8,10,30H,6-7,9H2,1H3,(H,28,32)(H4,26,27,29). The fourth-order valence-electron chi connectivity index (χ4n) is 2.84. The highest BCUT2D eigenvalue weighted by molar-refractivity contribution is 7.91. The van der Waals surface area contributed by atoms with Gasteiger partial charge in [0.15, 0.2) is 11.6 Å². The molecule has 1 aromatic carbocycles. The summed E-state index contributed by atoms with van der Waals surface area (Å²) in [6, 6.07) is 3.87. The van der Waals surface area contributed by atoms with Gasteiger partial charge in [-0.3, -0.25) is 14.3 Å². The van der Waals surface area contributed by atoms with E-state index in [0.29, 0.717) is 12.1 Å². The van der Waals surface area contributed by atoms with Crippen LogP contribution in [0.25, 0.3) is 0 Å². The number of nitrogens with zero attached hydrogens (tertiary/aromatic N) is 2. The monoisotopic (exact) mass is 584 g/mol. The van der Waals surface area contributed by atoms with Gasteiger partial charge in [-0.2, -0.15) is 13.2 Å². The lowest BCUT2D eigenvalue weighted by atomic mass is 10.1. The van der Waals surface area contributed by atoms with Crippen LogP contribution in [0.4, 0.5) is 27.6 Å². The molecule has 0 saturated heterocycles. The van der Waals surface area contributed by atoms with Gasteiger partial charge < -0.3 is 26.5 Å². The molecule has 1 amide bonds. The van der Waals surface area contributed by atoms with E-state index in [2.05, 4.69) is 20.1 Å². The molecule has 39 heavy (non-hydrogen) atoms. The predicted molar refractivity (Wildman–Crippen MR) is 124 cm³/mol. The fraction of sp³-hybridized carbons (Fsp3) is 0.300. The summed E-state index contributed by atoms with van der Waals surface area (Å²) < 4.78 is 91.6. The Morgan fingerprint density at radius 1 is 1.13 bits per heavy atom. The molecule has 2 rings (SSSR count). The van der Waals surface area contributed by atoms with Gasteiger partial charge in [-0.25, -0.2) is 22.0 Å². The van der Waals surface area contributed by atoms with Crippen LogP contribution in [0.2, 0.25) is 0 Å². The van der Waals surface area contributed by atoms with E-state index < -0.39 is 74.3 Å². The quantitative estimate of drug-likeness (QED) is 0.0924. The first-order valence-electron chi connectivity index (χ1n) is 10.5. The fourth-order valence-corrected chi connectivity index (χ4v) is 4.02. The van der Waals surface area contributed by atoms with Crippen molar-refractivity contribution in [2.45, 2.75) is 24.8 Å². The molecule has 6 N–H and O–H groups in total. The van der Waals surface area contributed by atoms with E-state index in [4.69, 9.17) is 11.5 Å². The Morgan fingerprint density at radius 3 is 2.38 bits per heavy atom. The van der Waals surface area contributed by atoms with E-state index in [-0.39, 0.29) is 23.4 Å². The Morgan fingerprint density at radius 2 is 1.79 bits per heavy atom. The van der Waals surface area contributed by atoms with Crippen molar-refractivity contribution in [2.24, 2.45) is 16.6 Å². The van der Waals surface area contributed by atoms with E-state index in [0.717, 1.165) is 25.1 Å². The summed E-state index contributed by atoms with van der Waals surface area (Å²) in [6.45, 7) is 0.741. The number of rotatable bonds is 11. The molecule has 0 saturated carbocycles. The number of aromatic nitrogens is 1. The summed E-state index contributed by atoms with van der Waals surface area (Å²) in [4.78, 5) is 45.6. The molecule has 13 nitrogen and oxygen atoms in total. The lowest BCUT2D eigenvalue weighted by molar-refractivity contribution is -0.200. The second-order valence-electron chi connectivity index (χ2n) is 7.62. The molecule has 1 unspecified atom stereocenters. The maximum absolute atomic E-state index is 13.4. The van der Waals surface area contributed by atoms with Crippen molar-refractivity contribution >= 4 is 33.5 Å². The normalized spacial score (nSPS) is 12.3. The van der Waals surface area contributed by atoms with Crippen LogP contribution in [0.1, 0.15) is 24.1 Å². The van der Waals surface area contributed by atoms with Crippen molar-refractivity contribution in [2.75, 3.05) is 17.9 Å². The van der Waals surface area contributed by atoms with Crippen molar-refractivity contribution < 1.29 is 49.6 Å². The number of benzene rings is 1. The first kappa shape index (κ1) is 30.8. The molecule has 19 heteroatoms. The number of anilines is 1. The van der Waals surface area contributed by atoms with Crippen LogP contribution in [-0.4, -0.2) is 50.3 Å². The van der Waals surface area contributed by atoms with Crippen molar-refractivity contribution in [3.8, 4) is 0 Å². The average molecular weight is 584 g/mol. The zero-order valence-corrected chi connectivity index (χ0v) is 20.6. The third kappa shape index (κ3) is 8.83. The zero-order valence-electron chi connectivity index (χ0n) is 19.8. The first-order chi connectivity index (χ1) is 18.0. The van der Waals surface area contributed by atoms with Crippen LogP contribution >= 0.6 is 0 Å². The Balaban J connectivity index is 2.36. The van der Waals surface area contributed by atoms with Gasteiger partial charge in [0.05, 0.1) is 23.9 Å². The summed E-state index contributed by atoms with van der Waals surface area (Å²) in [5.74, 6) is -9.08. The smallest absolute Gasteiger partial charge is 0.391 e. The summed E-state index contributed by atoms with van der Waals surface area (Å²) in [5.41, 5.74) is 6.84. The third-order valence-corrected chi connectivity index (χ3v) is 5.83. The molecule has 1 aromatic heterocycles. The van der Waals surface area contributed by atoms with Crippen LogP contribution in [0.3, 0.4) is 0 Å². The van der Waals surface area contributed by atoms with E-state index in [1.165, 1.54) is 0 Å². The molecule has 0 aliphatic heterocycles. The van der Waals surface area contributed by atoms with Gasteiger partial charge >= 0.3 is 17.7 Å². The summed E-state index contributed by atoms with van der Waals surface area (Å²) in [7, 11) is -4.52. The maximum atomic E-state index is 13.4. The number of hydrogen-bond acceptors (Lipinski definition) is 8. The van der Waals surface area contributed by atoms with Gasteiger partial charge in [0.2, 0.25) is 21.9 Å². The van der Waals surface area contributed by atoms with Crippen LogP contribution < -0.4 is 31.9 Å². The van der Waals surface area contributed by atoms with Gasteiger partial charge in [-0.1, -0.05) is 6.07 Å². The number of sulfonamides is 1. The number of oxime groups is 1. The largest absolute Gasteiger partial charge is 0.493 e. The van der Waals surface area contributed by atoms with E-state index in [9.17, 15) is 44.8 Å². The molecule has 2 aromatic rings. The van der Waals surface area contributed by atoms with Gasteiger partial charge in [0, 0.05) is 0 Å². The van der Waals surface area contributed by atoms with Gasteiger partial charge in [0.1, 0.15) is 12.3 Å². The molecule has 0 aliphatic rings. The molecule has 1 heterocycles. The molecule has 0 fully saturated rings. The van der Waals surface area contributed by atoms with Crippen LogP contribution in [0.5, 0.6) is 0 Å². The van der Waals surface area contributed by atoms with Crippen molar-refractivity contribution in [1.82, 2.24) is 10.0 Å². The summed E-state index contributed by atoms with van der Waals surface area (Å²) in [6.07, 6.45) is -5.56. The minimum atomic E-state index is -5.56. The second-order valence-corrected chi connectivity index (χ2v) is 9.34. The van der Waals surface area contributed by atoms with Gasteiger partial charge in [0.25, 0.3) is 0 Å². The number of carbonyl (C=O) groups is 2. The average Bonchev–Trinajstić information content (AvgIpc) is 2.82. The lowest BCUT2D eigenvalue weighted by Crippen LogP contribution is -2.42. The highest BCUT2D eigenvalue weighted by atomic mass is 32.2. The third-order valence-electron chi connectivity index (χ3n) is 4.58. The van der Waals surface area contributed by atoms with E-state index >= 15 is 0 Å². The SMILES string of the molecule is CC(C(=O)NCCON=C(N)N)c1ccc(NS(=O)(=O)Cc2ccc(F)c(F)c2)c(=O)n1OC(=O)C(F)(F)F. The minimum Gasteiger partial charge on any atom is -0.391 e. The highest BCUT2D eigenvalue weighted by Crippen LogP contribution is 2.20. The number of carbonyl (C=O) groups excluding carboxylic acids is 2. The molecule has 214 valence electrons. The number of nitrogens with two attached hydrogens (primary N) is 2. The number of guanidine groups is 1. The van der Waals surface area contributed by atoms with E-state index in [1.54, 1.807) is 4.72 Å².